The molecule has 2 aromatic rings. The van der Waals surface area contributed by atoms with Gasteiger partial charge in [-0.2, -0.15) is 0 Å². The third-order valence-electron chi connectivity index (χ3n) is 2.74. The monoisotopic (exact) mass is 276 g/mol. The van der Waals surface area contributed by atoms with Crippen LogP contribution in [0.1, 0.15) is 16.3 Å². The Morgan fingerprint density at radius 2 is 2.00 bits per heavy atom. The molecule has 0 bridgehead atoms. The Hall–Kier alpha value is -1.88. The predicted octanol–water partition coefficient (Wildman–Crippen LogP) is 2.43. The number of carbonyl (C=O) groups is 1. The molecule has 5 heteroatoms. The minimum Gasteiger partial charge on any atom is -0.481 e. The van der Waals surface area contributed by atoms with E-state index in [1.807, 2.05) is 19.5 Å². The summed E-state index contributed by atoms with van der Waals surface area (Å²) in [7, 11) is 4.02. The van der Waals surface area contributed by atoms with Gasteiger partial charge in [-0.05, 0) is 17.7 Å². The lowest BCUT2D eigenvalue weighted by Crippen LogP contribution is -2.08. The minimum absolute atomic E-state index is 0.00390. The van der Waals surface area contributed by atoms with Crippen LogP contribution in [-0.2, 0) is 17.6 Å². The van der Waals surface area contributed by atoms with Gasteiger partial charge < -0.3 is 10.0 Å². The van der Waals surface area contributed by atoms with Crippen molar-refractivity contribution in [1.82, 2.24) is 4.98 Å². The van der Waals surface area contributed by atoms with Crippen molar-refractivity contribution in [1.29, 1.82) is 0 Å². The lowest BCUT2D eigenvalue weighted by Gasteiger charge is -2.12. The van der Waals surface area contributed by atoms with E-state index in [0.717, 1.165) is 17.1 Å². The van der Waals surface area contributed by atoms with Gasteiger partial charge in [0, 0.05) is 31.6 Å². The molecule has 1 N–H and O–H groups in total. The third-order valence-corrected chi connectivity index (χ3v) is 3.64. The first-order valence-electron chi connectivity index (χ1n) is 5.96. The fourth-order valence-electron chi connectivity index (χ4n) is 1.75. The molecule has 0 aliphatic rings. The van der Waals surface area contributed by atoms with Gasteiger partial charge in [-0.1, -0.05) is 12.1 Å². The molecule has 19 heavy (non-hydrogen) atoms. The Kier molecular flexibility index (Phi) is 4.16. The minimum atomic E-state index is -0.841. The highest BCUT2D eigenvalue weighted by Crippen LogP contribution is 2.18. The van der Waals surface area contributed by atoms with Crippen LogP contribution in [0, 0.1) is 0 Å². The third kappa shape index (κ3) is 3.79. The lowest BCUT2D eigenvalue weighted by atomic mass is 10.1. The molecule has 0 aliphatic carbocycles. The summed E-state index contributed by atoms with van der Waals surface area (Å²) < 4.78 is 0. The Bertz CT molecular complexity index is 561. The van der Waals surface area contributed by atoms with Gasteiger partial charge >= 0.3 is 5.97 Å². The van der Waals surface area contributed by atoms with E-state index < -0.39 is 5.97 Å². The summed E-state index contributed by atoms with van der Waals surface area (Å²) in [6.45, 7) is 0. The molecular formula is C14H16N2O2S. The van der Waals surface area contributed by atoms with Crippen LogP contribution in [0.2, 0.25) is 0 Å². The highest BCUT2D eigenvalue weighted by atomic mass is 32.1. The summed E-state index contributed by atoms with van der Waals surface area (Å²) in [5.41, 5.74) is 2.98. The molecule has 0 saturated carbocycles. The zero-order chi connectivity index (χ0) is 13.8. The topological polar surface area (TPSA) is 53.4 Å². The number of aromatic nitrogens is 1. The Morgan fingerprint density at radius 1 is 1.32 bits per heavy atom. The number of hydrogen-bond donors (Lipinski definition) is 1. The number of thiazole rings is 1. The second-order valence-electron chi connectivity index (χ2n) is 4.54. The van der Waals surface area contributed by atoms with Crippen molar-refractivity contribution >= 4 is 23.0 Å². The molecule has 0 unspecified atom stereocenters. The molecule has 0 spiro atoms. The van der Waals surface area contributed by atoms with Crippen LogP contribution < -0.4 is 4.90 Å². The molecule has 100 valence electrons. The van der Waals surface area contributed by atoms with Crippen LogP contribution in [-0.4, -0.2) is 30.2 Å². The van der Waals surface area contributed by atoms with Crippen molar-refractivity contribution in [2.24, 2.45) is 0 Å². The van der Waals surface area contributed by atoms with E-state index in [1.54, 1.807) is 0 Å². The van der Waals surface area contributed by atoms with Crippen LogP contribution >= 0.6 is 11.3 Å². The Labute approximate surface area is 116 Å². The zero-order valence-electron chi connectivity index (χ0n) is 11.0. The highest BCUT2D eigenvalue weighted by Gasteiger charge is 2.07. The van der Waals surface area contributed by atoms with E-state index in [4.69, 9.17) is 5.11 Å². The van der Waals surface area contributed by atoms with Crippen molar-refractivity contribution < 1.29 is 9.90 Å². The quantitative estimate of drug-likeness (QED) is 0.911. The van der Waals surface area contributed by atoms with Crippen LogP contribution in [0.25, 0.3) is 0 Å². The van der Waals surface area contributed by atoms with Gasteiger partial charge in [-0.3, -0.25) is 4.79 Å². The number of aliphatic carboxylic acids is 1. The molecule has 0 atom stereocenters. The summed E-state index contributed by atoms with van der Waals surface area (Å²) >= 11 is 1.51. The fraction of sp³-hybridized carbons (Fsp3) is 0.286. The van der Waals surface area contributed by atoms with Crippen LogP contribution in [0.5, 0.6) is 0 Å². The normalized spacial score (nSPS) is 10.4. The molecule has 0 aliphatic heterocycles. The van der Waals surface area contributed by atoms with Gasteiger partial charge in [0.25, 0.3) is 0 Å². The lowest BCUT2D eigenvalue weighted by molar-refractivity contribution is -0.136. The average Bonchev–Trinajstić information content (AvgIpc) is 2.76. The van der Waals surface area contributed by atoms with Crippen molar-refractivity contribution in [2.45, 2.75) is 12.8 Å². The first kappa shape index (κ1) is 13.5. The second-order valence-corrected chi connectivity index (χ2v) is 5.48. The maximum atomic E-state index is 10.6. The van der Waals surface area contributed by atoms with Crippen LogP contribution in [0.4, 0.5) is 5.69 Å². The molecule has 0 amide bonds. The standard InChI is InChI=1S/C14H16N2O2S/c1-16(2)12-5-3-10(4-6-12)7-13-15-11(9-19-13)8-14(17)18/h3-6,9H,7-8H2,1-2H3,(H,17,18). The molecule has 1 aromatic heterocycles. The van der Waals surface area contributed by atoms with E-state index in [0.29, 0.717) is 5.69 Å². The fourth-order valence-corrected chi connectivity index (χ4v) is 2.58. The molecule has 0 radical (unpaired) electrons. The van der Waals surface area contributed by atoms with Gasteiger partial charge in [0.05, 0.1) is 17.1 Å². The maximum Gasteiger partial charge on any atom is 0.309 e. The summed E-state index contributed by atoms with van der Waals surface area (Å²) in [4.78, 5) is 17.0. The van der Waals surface area contributed by atoms with E-state index in [9.17, 15) is 4.79 Å². The number of hydrogen-bond acceptors (Lipinski definition) is 4. The Balaban J connectivity index is 2.04. The number of rotatable bonds is 5. The Morgan fingerprint density at radius 3 is 2.58 bits per heavy atom. The molecule has 1 aromatic carbocycles. The number of benzene rings is 1. The van der Waals surface area contributed by atoms with E-state index in [2.05, 4.69) is 34.1 Å². The van der Waals surface area contributed by atoms with Crippen molar-refractivity contribution in [2.75, 3.05) is 19.0 Å². The molecule has 2 rings (SSSR count). The average molecular weight is 276 g/mol. The van der Waals surface area contributed by atoms with Gasteiger partial charge in [0.2, 0.25) is 0 Å². The molecule has 1 heterocycles. The number of nitrogens with zero attached hydrogens (tertiary/aromatic N) is 2. The number of carboxylic acids is 1. The summed E-state index contributed by atoms with van der Waals surface area (Å²) in [6, 6.07) is 8.30. The van der Waals surface area contributed by atoms with Gasteiger partial charge in [-0.15, -0.1) is 11.3 Å². The van der Waals surface area contributed by atoms with E-state index >= 15 is 0 Å². The van der Waals surface area contributed by atoms with E-state index in [-0.39, 0.29) is 6.42 Å². The van der Waals surface area contributed by atoms with Crippen LogP contribution in [0.3, 0.4) is 0 Å². The first-order chi connectivity index (χ1) is 9.04. The number of carboxylic acid groups (broad SMARTS) is 1. The molecule has 0 saturated heterocycles. The van der Waals surface area contributed by atoms with Crippen LogP contribution in [0.15, 0.2) is 29.6 Å². The predicted molar refractivity (Wildman–Crippen MR) is 77.0 cm³/mol. The first-order valence-corrected chi connectivity index (χ1v) is 6.84. The van der Waals surface area contributed by atoms with E-state index in [1.165, 1.54) is 16.9 Å². The molecule has 0 fully saturated rings. The second kappa shape index (κ2) is 5.84. The number of anilines is 1. The SMILES string of the molecule is CN(C)c1ccc(Cc2nc(CC(=O)O)cs2)cc1. The smallest absolute Gasteiger partial charge is 0.309 e. The maximum absolute atomic E-state index is 10.6. The van der Waals surface area contributed by atoms with Gasteiger partial charge in [-0.25, -0.2) is 4.98 Å². The largest absolute Gasteiger partial charge is 0.481 e. The van der Waals surface area contributed by atoms with Gasteiger partial charge in [0.1, 0.15) is 0 Å². The summed E-state index contributed by atoms with van der Waals surface area (Å²) in [5.74, 6) is -0.841. The highest BCUT2D eigenvalue weighted by molar-refractivity contribution is 7.09. The summed E-state index contributed by atoms with van der Waals surface area (Å²) in [5, 5.41) is 11.5. The molecular weight excluding hydrogens is 260 g/mol. The van der Waals surface area contributed by atoms with Crippen molar-refractivity contribution in [3.8, 4) is 0 Å². The summed E-state index contributed by atoms with van der Waals surface area (Å²) in [6.07, 6.45) is 0.744. The van der Waals surface area contributed by atoms with Crippen molar-refractivity contribution in [3.63, 3.8) is 0 Å². The zero-order valence-corrected chi connectivity index (χ0v) is 11.8. The van der Waals surface area contributed by atoms with Crippen molar-refractivity contribution in [3.05, 3.63) is 45.9 Å². The molecule has 4 nitrogen and oxygen atoms in total. The van der Waals surface area contributed by atoms with Gasteiger partial charge in [0.15, 0.2) is 0 Å².